The van der Waals surface area contributed by atoms with Crippen molar-refractivity contribution in [1.29, 1.82) is 0 Å². The molecule has 0 aromatic heterocycles. The lowest BCUT2D eigenvalue weighted by Crippen LogP contribution is -2.10. The number of sulfone groups is 1. The summed E-state index contributed by atoms with van der Waals surface area (Å²) in [6.07, 6.45) is 1.48. The molecule has 174 valence electrons. The van der Waals surface area contributed by atoms with E-state index in [1.807, 2.05) is 0 Å². The third-order valence-corrected chi connectivity index (χ3v) is 6.53. The smallest absolute Gasteiger partial charge is 0.303 e. The Balaban J connectivity index is 1.79. The number of hydrogen-bond donors (Lipinski definition) is 3. The van der Waals surface area contributed by atoms with Gasteiger partial charge >= 0.3 is 5.97 Å². The minimum Gasteiger partial charge on any atom is -0.481 e. The van der Waals surface area contributed by atoms with Crippen LogP contribution in [-0.4, -0.2) is 31.7 Å². The molecule has 0 saturated carbocycles. The van der Waals surface area contributed by atoms with Crippen LogP contribution in [0.25, 0.3) is 11.3 Å². The first kappa shape index (κ1) is 23.2. The van der Waals surface area contributed by atoms with Crippen molar-refractivity contribution in [2.24, 2.45) is 0 Å². The van der Waals surface area contributed by atoms with E-state index in [-0.39, 0.29) is 11.3 Å². The van der Waals surface area contributed by atoms with Crippen molar-refractivity contribution >= 4 is 44.4 Å². The predicted octanol–water partition coefficient (Wildman–Crippen LogP) is 4.18. The molecule has 3 aromatic rings. The highest BCUT2D eigenvalue weighted by Crippen LogP contribution is 2.38. The molecule has 0 saturated heterocycles. The standard InChI is InChI=1S/C25H21FN2O5S/c1-34(32,33)19-10-8-18(9-11-19)27-24(16-5-2-15(3-6-16)4-13-22(29)30)23-20-12-7-17(26)14-21(20)28-25(23)31/h2-3,5-12,14,27H,4,13H2,1H3,(H,28,31)(H,29,30). The van der Waals surface area contributed by atoms with E-state index in [4.69, 9.17) is 5.11 Å². The topological polar surface area (TPSA) is 113 Å². The second-order valence-corrected chi connectivity index (χ2v) is 9.92. The van der Waals surface area contributed by atoms with Gasteiger partial charge in [0.2, 0.25) is 0 Å². The summed E-state index contributed by atoms with van der Waals surface area (Å²) in [7, 11) is -3.37. The molecule has 0 atom stereocenters. The summed E-state index contributed by atoms with van der Waals surface area (Å²) in [4.78, 5) is 23.9. The average Bonchev–Trinajstić information content (AvgIpc) is 3.10. The Morgan fingerprint density at radius 3 is 2.32 bits per heavy atom. The SMILES string of the molecule is CS(=O)(=O)c1ccc(NC(=C2C(=O)Nc3cc(F)ccc32)c2ccc(CCC(=O)O)cc2)cc1. The van der Waals surface area contributed by atoms with Gasteiger partial charge in [-0.25, -0.2) is 12.8 Å². The van der Waals surface area contributed by atoms with Crippen LogP contribution in [0.3, 0.4) is 0 Å². The Labute approximate surface area is 195 Å². The van der Waals surface area contributed by atoms with Crippen molar-refractivity contribution in [2.75, 3.05) is 16.9 Å². The van der Waals surface area contributed by atoms with Crippen LogP contribution in [0.2, 0.25) is 0 Å². The normalized spacial score (nSPS) is 14.4. The number of hydrogen-bond acceptors (Lipinski definition) is 5. The Hall–Kier alpha value is -3.98. The fraction of sp³-hybridized carbons (Fsp3) is 0.120. The Bertz CT molecular complexity index is 1410. The van der Waals surface area contributed by atoms with Gasteiger partial charge in [-0.2, -0.15) is 0 Å². The molecule has 0 aliphatic carbocycles. The zero-order valence-corrected chi connectivity index (χ0v) is 18.9. The van der Waals surface area contributed by atoms with Crippen LogP contribution in [0.1, 0.15) is 23.1 Å². The zero-order valence-electron chi connectivity index (χ0n) is 18.1. The first-order valence-electron chi connectivity index (χ1n) is 10.4. The van der Waals surface area contributed by atoms with E-state index >= 15 is 0 Å². The fourth-order valence-electron chi connectivity index (χ4n) is 3.69. The average molecular weight is 481 g/mol. The maximum Gasteiger partial charge on any atom is 0.303 e. The Kier molecular flexibility index (Phi) is 6.21. The summed E-state index contributed by atoms with van der Waals surface area (Å²) >= 11 is 0. The van der Waals surface area contributed by atoms with Gasteiger partial charge in [0.15, 0.2) is 9.84 Å². The van der Waals surface area contributed by atoms with Crippen LogP contribution in [0.5, 0.6) is 0 Å². The van der Waals surface area contributed by atoms with E-state index in [9.17, 15) is 22.4 Å². The number of carbonyl (C=O) groups is 2. The lowest BCUT2D eigenvalue weighted by atomic mass is 9.98. The number of anilines is 2. The molecule has 0 radical (unpaired) electrons. The molecule has 0 spiro atoms. The van der Waals surface area contributed by atoms with E-state index in [0.29, 0.717) is 40.2 Å². The molecule has 7 nitrogen and oxygen atoms in total. The van der Waals surface area contributed by atoms with Gasteiger partial charge in [-0.3, -0.25) is 9.59 Å². The molecule has 3 N–H and O–H groups in total. The summed E-state index contributed by atoms with van der Waals surface area (Å²) in [5, 5.41) is 14.8. The van der Waals surface area contributed by atoms with Gasteiger partial charge in [-0.05, 0) is 60.0 Å². The monoisotopic (exact) mass is 480 g/mol. The molecule has 3 aromatic carbocycles. The molecule has 0 fully saturated rings. The molecule has 1 heterocycles. The van der Waals surface area contributed by atoms with E-state index in [0.717, 1.165) is 11.8 Å². The number of aliphatic carboxylic acids is 1. The summed E-state index contributed by atoms with van der Waals surface area (Å²) in [5.74, 6) is -1.78. The second-order valence-electron chi connectivity index (χ2n) is 7.91. The van der Waals surface area contributed by atoms with Gasteiger partial charge in [0.1, 0.15) is 5.82 Å². The summed E-state index contributed by atoms with van der Waals surface area (Å²) in [5.41, 5.74) is 3.65. The molecule has 34 heavy (non-hydrogen) atoms. The van der Waals surface area contributed by atoms with Gasteiger partial charge in [0.05, 0.1) is 21.9 Å². The van der Waals surface area contributed by atoms with Gasteiger partial charge in [0.25, 0.3) is 5.91 Å². The van der Waals surface area contributed by atoms with Gasteiger partial charge in [-0.1, -0.05) is 24.3 Å². The van der Waals surface area contributed by atoms with Gasteiger partial charge in [-0.15, -0.1) is 0 Å². The molecular formula is C25H21FN2O5S. The highest BCUT2D eigenvalue weighted by molar-refractivity contribution is 7.90. The van der Waals surface area contributed by atoms with E-state index in [1.165, 1.54) is 30.3 Å². The molecule has 1 amide bonds. The minimum absolute atomic E-state index is 0.000423. The number of benzene rings is 3. The molecule has 9 heteroatoms. The molecular weight excluding hydrogens is 459 g/mol. The highest BCUT2D eigenvalue weighted by atomic mass is 32.2. The van der Waals surface area contributed by atoms with Crippen LogP contribution in [0, 0.1) is 5.82 Å². The second kappa shape index (κ2) is 9.11. The van der Waals surface area contributed by atoms with Crippen LogP contribution < -0.4 is 10.6 Å². The number of halogens is 1. The Morgan fingerprint density at radius 1 is 1.03 bits per heavy atom. The molecule has 4 rings (SSSR count). The van der Waals surface area contributed by atoms with Crippen molar-refractivity contribution in [3.8, 4) is 0 Å². The number of nitrogens with one attached hydrogen (secondary N) is 2. The summed E-state index contributed by atoms with van der Waals surface area (Å²) < 4.78 is 37.3. The van der Waals surface area contributed by atoms with Crippen molar-refractivity contribution in [2.45, 2.75) is 17.7 Å². The maximum absolute atomic E-state index is 13.7. The zero-order chi connectivity index (χ0) is 24.5. The van der Waals surface area contributed by atoms with Crippen molar-refractivity contribution < 1.29 is 27.5 Å². The van der Waals surface area contributed by atoms with Gasteiger partial charge < -0.3 is 15.7 Å². The number of carbonyl (C=O) groups excluding carboxylic acids is 1. The largest absolute Gasteiger partial charge is 0.481 e. The number of carboxylic acid groups (broad SMARTS) is 1. The fourth-order valence-corrected chi connectivity index (χ4v) is 4.32. The number of fused-ring (bicyclic) bond motifs is 1. The quantitative estimate of drug-likeness (QED) is 0.438. The lowest BCUT2D eigenvalue weighted by molar-refractivity contribution is -0.137. The third-order valence-electron chi connectivity index (χ3n) is 5.40. The number of aryl methyl sites for hydroxylation is 1. The van der Waals surface area contributed by atoms with E-state index in [2.05, 4.69) is 10.6 Å². The number of amides is 1. The minimum atomic E-state index is -3.37. The lowest BCUT2D eigenvalue weighted by Gasteiger charge is -2.15. The molecule has 0 bridgehead atoms. The Morgan fingerprint density at radius 2 is 1.71 bits per heavy atom. The third kappa shape index (κ3) is 4.99. The van der Waals surface area contributed by atoms with Crippen molar-refractivity contribution in [1.82, 2.24) is 0 Å². The molecule has 0 unspecified atom stereocenters. The maximum atomic E-state index is 13.7. The van der Waals surface area contributed by atoms with Crippen LogP contribution in [0.15, 0.2) is 71.6 Å². The van der Waals surface area contributed by atoms with Crippen LogP contribution in [-0.2, 0) is 25.8 Å². The van der Waals surface area contributed by atoms with Gasteiger partial charge in [0, 0.05) is 23.9 Å². The summed E-state index contributed by atoms with van der Waals surface area (Å²) in [6.45, 7) is 0. The molecule has 1 aliphatic rings. The van der Waals surface area contributed by atoms with E-state index < -0.39 is 27.5 Å². The van der Waals surface area contributed by atoms with E-state index in [1.54, 1.807) is 36.4 Å². The predicted molar refractivity (Wildman–Crippen MR) is 127 cm³/mol. The summed E-state index contributed by atoms with van der Waals surface area (Å²) in [6, 6.07) is 17.3. The van der Waals surface area contributed by atoms with Crippen LogP contribution >= 0.6 is 0 Å². The van der Waals surface area contributed by atoms with Crippen molar-refractivity contribution in [3.63, 3.8) is 0 Å². The highest BCUT2D eigenvalue weighted by Gasteiger charge is 2.29. The number of rotatable bonds is 7. The number of carboxylic acids is 1. The van der Waals surface area contributed by atoms with Crippen molar-refractivity contribution in [3.05, 3.63) is 89.2 Å². The van der Waals surface area contributed by atoms with Crippen LogP contribution in [0.4, 0.5) is 15.8 Å². The first-order valence-corrected chi connectivity index (χ1v) is 12.2. The first-order chi connectivity index (χ1) is 16.1. The molecule has 1 aliphatic heterocycles.